The number of allylic oxidation sites excluding steroid dienone is 4. The standard InChI is InChI=1S/C26H34O3/c1-17(13-23(27)28)9-8-10-18-16-26(6,7)29-22-15-21-20(14-19(18)22)24(2,3)11-12-25(21,4)5/h8-10,13-15H,11-12,16H2,1-7H3,(H,27,28)/b9-8?,17-13+,18-10?. The Hall–Kier alpha value is -2.29. The van der Waals surface area contributed by atoms with E-state index in [2.05, 4.69) is 59.8 Å². The van der Waals surface area contributed by atoms with E-state index in [1.807, 2.05) is 12.2 Å². The molecule has 0 fully saturated rings. The second kappa shape index (κ2) is 7.19. The molecule has 3 nitrogen and oxygen atoms in total. The van der Waals surface area contributed by atoms with Gasteiger partial charge in [-0.3, -0.25) is 0 Å². The van der Waals surface area contributed by atoms with Crippen molar-refractivity contribution < 1.29 is 14.6 Å². The van der Waals surface area contributed by atoms with Gasteiger partial charge in [-0.05, 0) is 78.8 Å². The summed E-state index contributed by atoms with van der Waals surface area (Å²) in [5, 5.41) is 8.89. The summed E-state index contributed by atoms with van der Waals surface area (Å²) in [6.07, 6.45) is 10.3. The molecule has 1 heterocycles. The van der Waals surface area contributed by atoms with Gasteiger partial charge < -0.3 is 9.84 Å². The van der Waals surface area contributed by atoms with Gasteiger partial charge in [0.25, 0.3) is 0 Å². The molecule has 1 aromatic rings. The third kappa shape index (κ3) is 4.49. The minimum Gasteiger partial charge on any atom is -0.487 e. The molecule has 0 spiro atoms. The molecule has 1 aliphatic carbocycles. The average Bonchev–Trinajstić information content (AvgIpc) is 2.56. The van der Waals surface area contributed by atoms with E-state index in [1.165, 1.54) is 41.2 Å². The van der Waals surface area contributed by atoms with Gasteiger partial charge in [-0.2, -0.15) is 0 Å². The van der Waals surface area contributed by atoms with Crippen molar-refractivity contribution >= 4 is 11.5 Å². The Kier molecular flexibility index (Phi) is 5.31. The maximum absolute atomic E-state index is 10.8. The van der Waals surface area contributed by atoms with E-state index in [9.17, 15) is 4.79 Å². The van der Waals surface area contributed by atoms with Crippen LogP contribution in [0.5, 0.6) is 5.75 Å². The summed E-state index contributed by atoms with van der Waals surface area (Å²) in [7, 11) is 0. The smallest absolute Gasteiger partial charge is 0.328 e. The fourth-order valence-electron chi connectivity index (χ4n) is 4.52. The maximum atomic E-state index is 10.8. The molecule has 0 amide bonds. The zero-order chi connectivity index (χ0) is 21.6. The molecule has 0 aromatic heterocycles. The van der Waals surface area contributed by atoms with Crippen LogP contribution in [0.2, 0.25) is 0 Å². The first-order valence-corrected chi connectivity index (χ1v) is 10.5. The molecule has 1 aliphatic heterocycles. The van der Waals surface area contributed by atoms with E-state index >= 15 is 0 Å². The zero-order valence-electron chi connectivity index (χ0n) is 18.8. The molecule has 0 saturated carbocycles. The number of aliphatic carboxylic acids is 1. The highest BCUT2D eigenvalue weighted by atomic mass is 16.5. The lowest BCUT2D eigenvalue weighted by Gasteiger charge is -2.44. The van der Waals surface area contributed by atoms with Gasteiger partial charge in [-0.25, -0.2) is 4.79 Å². The molecular weight excluding hydrogens is 360 g/mol. The second-order valence-electron chi connectivity index (χ2n) is 10.5. The molecule has 0 saturated heterocycles. The van der Waals surface area contributed by atoms with Crippen LogP contribution in [-0.4, -0.2) is 16.7 Å². The van der Waals surface area contributed by atoms with E-state index in [-0.39, 0.29) is 16.4 Å². The van der Waals surface area contributed by atoms with Crippen molar-refractivity contribution in [2.75, 3.05) is 0 Å². The Morgan fingerprint density at radius 2 is 1.62 bits per heavy atom. The highest BCUT2D eigenvalue weighted by molar-refractivity contribution is 5.81. The van der Waals surface area contributed by atoms with Gasteiger partial charge in [-0.1, -0.05) is 45.9 Å². The molecule has 1 aromatic carbocycles. The molecule has 29 heavy (non-hydrogen) atoms. The number of carboxylic acids is 1. The van der Waals surface area contributed by atoms with Gasteiger partial charge >= 0.3 is 5.97 Å². The predicted octanol–water partition coefficient (Wildman–Crippen LogP) is 6.57. The topological polar surface area (TPSA) is 46.5 Å². The van der Waals surface area contributed by atoms with Crippen LogP contribution in [0.4, 0.5) is 0 Å². The predicted molar refractivity (Wildman–Crippen MR) is 120 cm³/mol. The van der Waals surface area contributed by atoms with Crippen molar-refractivity contribution in [3.05, 3.63) is 58.7 Å². The minimum absolute atomic E-state index is 0.146. The normalized spacial score (nSPS) is 23.4. The lowest BCUT2D eigenvalue weighted by molar-refractivity contribution is -0.131. The summed E-state index contributed by atoms with van der Waals surface area (Å²) >= 11 is 0. The number of fused-ring (bicyclic) bond motifs is 2. The van der Waals surface area contributed by atoms with Crippen molar-refractivity contribution in [2.24, 2.45) is 0 Å². The van der Waals surface area contributed by atoms with Gasteiger partial charge in [-0.15, -0.1) is 0 Å². The van der Waals surface area contributed by atoms with Crippen molar-refractivity contribution in [1.82, 2.24) is 0 Å². The van der Waals surface area contributed by atoms with Gasteiger partial charge in [0.1, 0.15) is 11.4 Å². The van der Waals surface area contributed by atoms with Crippen molar-refractivity contribution in [2.45, 2.75) is 84.2 Å². The number of carbonyl (C=O) groups is 1. The first-order valence-electron chi connectivity index (χ1n) is 10.5. The molecule has 3 heteroatoms. The van der Waals surface area contributed by atoms with E-state index in [0.29, 0.717) is 5.57 Å². The third-order valence-corrected chi connectivity index (χ3v) is 6.31. The Morgan fingerprint density at radius 1 is 1.03 bits per heavy atom. The molecule has 2 aliphatic rings. The molecule has 3 rings (SSSR count). The number of ether oxygens (including phenoxy) is 1. The summed E-state index contributed by atoms with van der Waals surface area (Å²) in [6.45, 7) is 15.4. The fraction of sp³-hybridized carbons (Fsp3) is 0.500. The number of rotatable bonds is 3. The van der Waals surface area contributed by atoms with Crippen LogP contribution in [0.3, 0.4) is 0 Å². The molecule has 156 valence electrons. The van der Waals surface area contributed by atoms with Gasteiger partial charge in [0.05, 0.1) is 0 Å². The summed E-state index contributed by atoms with van der Waals surface area (Å²) in [4.78, 5) is 10.8. The van der Waals surface area contributed by atoms with Gasteiger partial charge in [0, 0.05) is 18.1 Å². The summed E-state index contributed by atoms with van der Waals surface area (Å²) in [5.41, 5.74) is 5.96. The van der Waals surface area contributed by atoms with Crippen LogP contribution in [0.25, 0.3) is 5.57 Å². The average molecular weight is 395 g/mol. The molecule has 0 radical (unpaired) electrons. The zero-order valence-corrected chi connectivity index (χ0v) is 18.8. The SMILES string of the molecule is C/C(C=CC=C1CC(C)(C)Oc2cc3c(cc21)C(C)(C)CCC3(C)C)=C\C(=O)O. The van der Waals surface area contributed by atoms with E-state index in [1.54, 1.807) is 6.92 Å². The van der Waals surface area contributed by atoms with Gasteiger partial charge in [0.2, 0.25) is 0 Å². The van der Waals surface area contributed by atoms with Crippen molar-refractivity contribution in [3.63, 3.8) is 0 Å². The summed E-state index contributed by atoms with van der Waals surface area (Å²) < 4.78 is 6.40. The lowest BCUT2D eigenvalue weighted by Crippen LogP contribution is -2.36. The van der Waals surface area contributed by atoms with E-state index in [4.69, 9.17) is 9.84 Å². The largest absolute Gasteiger partial charge is 0.487 e. The lowest BCUT2D eigenvalue weighted by atomic mass is 9.62. The van der Waals surface area contributed by atoms with Crippen LogP contribution >= 0.6 is 0 Å². The van der Waals surface area contributed by atoms with Crippen LogP contribution < -0.4 is 4.74 Å². The van der Waals surface area contributed by atoms with Crippen LogP contribution in [0, 0.1) is 0 Å². The Morgan fingerprint density at radius 3 is 2.21 bits per heavy atom. The Labute approximate surface area is 175 Å². The first kappa shape index (κ1) is 21.4. The Bertz CT molecular complexity index is 924. The van der Waals surface area contributed by atoms with Crippen molar-refractivity contribution in [3.8, 4) is 5.75 Å². The van der Waals surface area contributed by atoms with Crippen LogP contribution in [0.15, 0.2) is 42.0 Å². The Balaban J connectivity index is 2.11. The number of hydrogen-bond acceptors (Lipinski definition) is 2. The van der Waals surface area contributed by atoms with Crippen LogP contribution in [-0.2, 0) is 15.6 Å². The molecule has 0 unspecified atom stereocenters. The monoisotopic (exact) mass is 394 g/mol. The molecular formula is C26H34O3. The van der Waals surface area contributed by atoms with Crippen molar-refractivity contribution in [1.29, 1.82) is 0 Å². The number of carboxylic acid groups (broad SMARTS) is 1. The first-order chi connectivity index (χ1) is 13.3. The molecule has 0 atom stereocenters. The quantitative estimate of drug-likeness (QED) is 0.466. The number of benzene rings is 1. The molecule has 1 N–H and O–H groups in total. The highest BCUT2D eigenvalue weighted by Crippen LogP contribution is 2.50. The van der Waals surface area contributed by atoms with Gasteiger partial charge in [0.15, 0.2) is 0 Å². The maximum Gasteiger partial charge on any atom is 0.328 e. The van der Waals surface area contributed by atoms with E-state index in [0.717, 1.165) is 12.2 Å². The summed E-state index contributed by atoms with van der Waals surface area (Å²) in [6, 6.07) is 4.63. The highest BCUT2D eigenvalue weighted by Gasteiger charge is 2.40. The van der Waals surface area contributed by atoms with E-state index < -0.39 is 5.97 Å². The minimum atomic E-state index is -0.922. The summed E-state index contributed by atoms with van der Waals surface area (Å²) in [5.74, 6) is 0.0389. The third-order valence-electron chi connectivity index (χ3n) is 6.31. The second-order valence-corrected chi connectivity index (χ2v) is 10.5. The number of hydrogen-bond donors (Lipinski definition) is 1. The van der Waals surface area contributed by atoms with Crippen LogP contribution in [0.1, 0.15) is 84.4 Å². The molecule has 0 bridgehead atoms. The fourth-order valence-corrected chi connectivity index (χ4v) is 4.52.